The predicted molar refractivity (Wildman–Crippen MR) is 156 cm³/mol. The average Bonchev–Trinajstić information content (AvgIpc) is 3.63. The summed E-state index contributed by atoms with van der Waals surface area (Å²) in [5.41, 5.74) is 1.19. The zero-order valence-corrected chi connectivity index (χ0v) is 24.8. The molecule has 2 unspecified atom stereocenters. The van der Waals surface area contributed by atoms with Gasteiger partial charge in [-0.25, -0.2) is 15.0 Å². The molecule has 0 radical (unpaired) electrons. The molecule has 9 nitrogen and oxygen atoms in total. The van der Waals surface area contributed by atoms with E-state index < -0.39 is 0 Å². The Balaban J connectivity index is 1.27. The molecule has 2 aliphatic heterocycles. The summed E-state index contributed by atoms with van der Waals surface area (Å²) in [6, 6.07) is 2.87. The molecule has 5 rings (SSSR count). The molecule has 2 atom stereocenters. The zero-order chi connectivity index (χ0) is 26.6. The summed E-state index contributed by atoms with van der Waals surface area (Å²) in [6.45, 7) is 9.65. The monoisotopic (exact) mass is 617 g/mol. The van der Waals surface area contributed by atoms with E-state index in [4.69, 9.17) is 4.98 Å². The van der Waals surface area contributed by atoms with Gasteiger partial charge in [0.1, 0.15) is 17.8 Å². The Labute approximate surface area is 239 Å². The summed E-state index contributed by atoms with van der Waals surface area (Å²) in [4.78, 5) is 46.8. The first kappa shape index (κ1) is 27.3. The van der Waals surface area contributed by atoms with Gasteiger partial charge in [-0.3, -0.25) is 19.9 Å². The summed E-state index contributed by atoms with van der Waals surface area (Å²) in [5.74, 6) is 0.440. The van der Waals surface area contributed by atoms with Gasteiger partial charge in [0.05, 0.1) is 23.0 Å². The van der Waals surface area contributed by atoms with Crippen molar-refractivity contribution >= 4 is 61.7 Å². The van der Waals surface area contributed by atoms with Crippen LogP contribution in [0.15, 0.2) is 28.3 Å². The third-order valence-corrected chi connectivity index (χ3v) is 9.85. The highest BCUT2D eigenvalue weighted by molar-refractivity contribution is 9.10. The second-order valence-electron chi connectivity index (χ2n) is 9.89. The van der Waals surface area contributed by atoms with E-state index in [0.717, 1.165) is 71.3 Å². The average molecular weight is 619 g/mol. The van der Waals surface area contributed by atoms with Crippen molar-refractivity contribution in [2.75, 3.05) is 42.9 Å². The highest BCUT2D eigenvalue weighted by Crippen LogP contribution is 2.38. The minimum absolute atomic E-state index is 0.243. The zero-order valence-electron chi connectivity index (χ0n) is 21.6. The number of aromatic nitrogens is 3. The first-order chi connectivity index (χ1) is 18.4. The normalized spacial score (nSPS) is 20.7. The second-order valence-corrected chi connectivity index (χ2v) is 12.8. The van der Waals surface area contributed by atoms with Crippen molar-refractivity contribution in [3.63, 3.8) is 0 Å². The van der Waals surface area contributed by atoms with Crippen molar-refractivity contribution in [2.45, 2.75) is 51.7 Å². The van der Waals surface area contributed by atoms with Crippen LogP contribution in [-0.2, 0) is 11.3 Å². The van der Waals surface area contributed by atoms with Gasteiger partial charge in [0.15, 0.2) is 5.13 Å². The third kappa shape index (κ3) is 6.31. The van der Waals surface area contributed by atoms with Crippen LogP contribution in [0.4, 0.5) is 10.9 Å². The molecular formula is C26H32BrN7O2S2. The van der Waals surface area contributed by atoms with Crippen LogP contribution in [0.2, 0.25) is 0 Å². The number of piperazine rings is 1. The molecule has 12 heteroatoms. The summed E-state index contributed by atoms with van der Waals surface area (Å²) in [5, 5.41) is 5.58. The van der Waals surface area contributed by atoms with E-state index in [1.165, 1.54) is 30.4 Å². The van der Waals surface area contributed by atoms with Gasteiger partial charge in [0, 0.05) is 66.0 Å². The molecule has 1 N–H and O–H groups in total. The Morgan fingerprint density at radius 2 is 2.08 bits per heavy atom. The molecule has 0 aromatic carbocycles. The fraction of sp³-hybridized carbons (Fsp3) is 0.500. The molecule has 3 aromatic rings. The largest absolute Gasteiger partial charge is 0.350 e. The second kappa shape index (κ2) is 12.3. The number of nitrogens with zero attached hydrogens (tertiary/aromatic N) is 6. The van der Waals surface area contributed by atoms with Crippen molar-refractivity contribution in [2.24, 2.45) is 0 Å². The van der Waals surface area contributed by atoms with Crippen LogP contribution in [0, 0.1) is 0 Å². The SMILES string of the molecule is CC1CCCN1Cc1sc(NC(=O)c2cnc(N3CCN(CCC=O)CC3C)cn2)nc1-c1cc(Br)cs1. The van der Waals surface area contributed by atoms with Gasteiger partial charge in [0.25, 0.3) is 5.91 Å². The van der Waals surface area contributed by atoms with Gasteiger partial charge < -0.3 is 9.69 Å². The van der Waals surface area contributed by atoms with E-state index in [1.807, 2.05) is 0 Å². The van der Waals surface area contributed by atoms with Crippen LogP contribution in [-0.4, -0.2) is 81.8 Å². The number of nitrogens with one attached hydrogen (secondary N) is 1. The third-order valence-electron chi connectivity index (χ3n) is 7.20. The van der Waals surface area contributed by atoms with E-state index in [9.17, 15) is 9.59 Å². The topological polar surface area (TPSA) is 94.6 Å². The van der Waals surface area contributed by atoms with Crippen LogP contribution in [0.5, 0.6) is 0 Å². The number of thiazole rings is 1. The fourth-order valence-corrected chi connectivity index (χ4v) is 7.62. The van der Waals surface area contributed by atoms with Crippen LogP contribution >= 0.6 is 38.6 Å². The smallest absolute Gasteiger partial charge is 0.277 e. The molecule has 3 aromatic heterocycles. The summed E-state index contributed by atoms with van der Waals surface area (Å²) in [6.07, 6.45) is 7.16. The number of anilines is 2. The van der Waals surface area contributed by atoms with Crippen LogP contribution < -0.4 is 10.2 Å². The fourth-order valence-electron chi connectivity index (χ4n) is 5.11. The predicted octanol–water partition coefficient (Wildman–Crippen LogP) is 4.76. The molecule has 0 bridgehead atoms. The van der Waals surface area contributed by atoms with Gasteiger partial charge in [-0.2, -0.15) is 0 Å². The number of carbonyl (C=O) groups excluding carboxylic acids is 2. The van der Waals surface area contributed by atoms with Crippen LogP contribution in [0.1, 0.15) is 48.5 Å². The van der Waals surface area contributed by atoms with E-state index in [2.05, 4.69) is 71.2 Å². The quantitative estimate of drug-likeness (QED) is 0.343. The van der Waals surface area contributed by atoms with Crippen molar-refractivity contribution in [3.05, 3.63) is 38.9 Å². The summed E-state index contributed by atoms with van der Waals surface area (Å²) in [7, 11) is 0. The number of hydrogen-bond donors (Lipinski definition) is 1. The first-order valence-corrected chi connectivity index (χ1v) is 15.4. The number of hydrogen-bond acceptors (Lipinski definition) is 10. The Hall–Kier alpha value is -2.25. The first-order valence-electron chi connectivity index (χ1n) is 13.0. The van der Waals surface area contributed by atoms with Gasteiger partial charge in [-0.15, -0.1) is 11.3 Å². The van der Waals surface area contributed by atoms with Gasteiger partial charge >= 0.3 is 0 Å². The molecule has 2 aliphatic rings. The highest BCUT2D eigenvalue weighted by Gasteiger charge is 2.26. The highest BCUT2D eigenvalue weighted by atomic mass is 79.9. The maximum Gasteiger partial charge on any atom is 0.277 e. The number of halogens is 1. The Kier molecular flexibility index (Phi) is 8.84. The summed E-state index contributed by atoms with van der Waals surface area (Å²) >= 11 is 6.73. The minimum Gasteiger partial charge on any atom is -0.350 e. The molecular weight excluding hydrogens is 586 g/mol. The molecule has 1 amide bonds. The molecule has 0 aliphatic carbocycles. The number of carbonyl (C=O) groups is 2. The minimum atomic E-state index is -0.315. The number of rotatable bonds is 9. The Morgan fingerprint density at radius 3 is 2.74 bits per heavy atom. The van der Waals surface area contributed by atoms with E-state index in [0.29, 0.717) is 17.6 Å². The molecule has 2 saturated heterocycles. The number of thiophene rings is 1. The lowest BCUT2D eigenvalue weighted by atomic mass is 10.2. The molecule has 2 fully saturated rings. The lowest BCUT2D eigenvalue weighted by molar-refractivity contribution is -0.108. The maximum absolute atomic E-state index is 13.1. The number of likely N-dealkylation sites (tertiary alicyclic amines) is 1. The van der Waals surface area contributed by atoms with Crippen molar-refractivity contribution in [1.82, 2.24) is 24.8 Å². The van der Waals surface area contributed by atoms with Crippen LogP contribution in [0.25, 0.3) is 10.6 Å². The van der Waals surface area contributed by atoms with Gasteiger partial charge in [-0.1, -0.05) is 11.3 Å². The molecule has 0 saturated carbocycles. The summed E-state index contributed by atoms with van der Waals surface area (Å²) < 4.78 is 1.03. The maximum atomic E-state index is 13.1. The van der Waals surface area contributed by atoms with Crippen molar-refractivity contribution in [1.29, 1.82) is 0 Å². The Morgan fingerprint density at radius 1 is 1.21 bits per heavy atom. The molecule has 38 heavy (non-hydrogen) atoms. The van der Waals surface area contributed by atoms with E-state index in [-0.39, 0.29) is 17.6 Å². The van der Waals surface area contributed by atoms with Gasteiger partial charge in [0.2, 0.25) is 0 Å². The molecule has 0 spiro atoms. The molecule has 202 valence electrons. The number of aldehydes is 1. The van der Waals surface area contributed by atoms with Gasteiger partial charge in [-0.05, 0) is 55.2 Å². The van der Waals surface area contributed by atoms with Crippen molar-refractivity contribution in [3.8, 4) is 10.6 Å². The lowest BCUT2D eigenvalue weighted by Gasteiger charge is -2.40. The van der Waals surface area contributed by atoms with Crippen molar-refractivity contribution < 1.29 is 9.59 Å². The van der Waals surface area contributed by atoms with Crippen LogP contribution in [0.3, 0.4) is 0 Å². The lowest BCUT2D eigenvalue weighted by Crippen LogP contribution is -2.52. The Bertz CT molecular complexity index is 1260. The standard InChI is InChI=1S/C26H32BrN7O2S2/c1-17-5-3-7-33(17)15-22-24(21-11-19(27)16-37-21)30-26(38-22)31-25(36)20-12-29-23(13-28-20)34-9-8-32(6-4-10-35)14-18(34)2/h10-13,16-18H,3-9,14-15H2,1-2H3,(H,30,31,36). The van der Waals surface area contributed by atoms with E-state index in [1.54, 1.807) is 17.5 Å². The van der Waals surface area contributed by atoms with E-state index >= 15 is 0 Å². The number of amides is 1. The molecule has 5 heterocycles.